The van der Waals surface area contributed by atoms with Crippen molar-refractivity contribution >= 4 is 12.3 Å². The summed E-state index contributed by atoms with van der Waals surface area (Å²) < 4.78 is 0. The average Bonchev–Trinajstić information content (AvgIpc) is 2.49. The Hall–Kier alpha value is -1.84. The minimum absolute atomic E-state index is 0.131. The number of nitrogens with one attached hydrogen (secondary N) is 1. The third-order valence-electron chi connectivity index (χ3n) is 2.89. The van der Waals surface area contributed by atoms with E-state index in [9.17, 15) is 9.59 Å². The summed E-state index contributed by atoms with van der Waals surface area (Å²) in [6.45, 7) is 10.1. The Labute approximate surface area is 122 Å². The summed E-state index contributed by atoms with van der Waals surface area (Å²) >= 11 is 0. The van der Waals surface area contributed by atoms with Gasteiger partial charge in [-0.25, -0.2) is 0 Å². The van der Waals surface area contributed by atoms with E-state index in [-0.39, 0.29) is 11.9 Å². The summed E-state index contributed by atoms with van der Waals surface area (Å²) in [5, 5.41) is 2.82. The molecule has 1 fully saturated rings. The maximum absolute atomic E-state index is 12.1. The zero-order chi connectivity index (χ0) is 15.4. The molecule has 4 nitrogen and oxygen atoms in total. The van der Waals surface area contributed by atoms with E-state index in [2.05, 4.69) is 11.9 Å². The molecule has 0 spiro atoms. The molecular weight excluding hydrogens is 252 g/mol. The van der Waals surface area contributed by atoms with Crippen LogP contribution in [0.15, 0.2) is 36.6 Å². The maximum Gasteiger partial charge on any atom is 0.247 e. The Morgan fingerprint density at radius 3 is 2.60 bits per heavy atom. The second-order valence-electron chi connectivity index (χ2n) is 4.20. The van der Waals surface area contributed by atoms with Gasteiger partial charge in [0.2, 0.25) is 12.3 Å². The second kappa shape index (κ2) is 11.0. The normalized spacial score (nSPS) is 19.1. The summed E-state index contributed by atoms with van der Waals surface area (Å²) in [6.07, 6.45) is 10.4. The van der Waals surface area contributed by atoms with Crippen LogP contribution in [-0.4, -0.2) is 29.8 Å². The number of hydrogen-bond acceptors (Lipinski definition) is 2. The van der Waals surface area contributed by atoms with E-state index in [0.29, 0.717) is 12.2 Å². The number of likely N-dealkylation sites (tertiary alicyclic amines) is 1. The van der Waals surface area contributed by atoms with Crippen LogP contribution >= 0.6 is 0 Å². The Balaban J connectivity index is 0.00000172. The molecule has 0 saturated carbocycles. The molecule has 0 aromatic carbocycles. The van der Waals surface area contributed by atoms with Crippen LogP contribution in [0.4, 0.5) is 0 Å². The number of allylic oxidation sites excluding steroid dienone is 4. The van der Waals surface area contributed by atoms with Gasteiger partial charge < -0.3 is 10.2 Å². The van der Waals surface area contributed by atoms with E-state index in [4.69, 9.17) is 0 Å². The number of amides is 2. The maximum atomic E-state index is 12.1. The zero-order valence-corrected chi connectivity index (χ0v) is 12.8. The summed E-state index contributed by atoms with van der Waals surface area (Å²) in [7, 11) is 0. The predicted octanol–water partition coefficient (Wildman–Crippen LogP) is 2.79. The summed E-state index contributed by atoms with van der Waals surface area (Å²) in [5.74, 6) is -0.131. The fourth-order valence-electron chi connectivity index (χ4n) is 2.03. The van der Waals surface area contributed by atoms with Gasteiger partial charge in [0.05, 0.1) is 0 Å². The van der Waals surface area contributed by atoms with Crippen LogP contribution in [-0.2, 0) is 9.59 Å². The number of nitrogens with zero attached hydrogens (tertiary/aromatic N) is 1. The standard InChI is InChI=1S/C14H20N2O2.C2H6/c1-3-7-12(8-4-2)15-14(18)13-9-5-6-10-16(13)11-17;1-2/h3-4,7-8,11,13H,1,5-6,9-10H2,2H3,(H,15,18);1-2H3/b8-4-,12-7+;. The van der Waals surface area contributed by atoms with Gasteiger partial charge in [-0.1, -0.05) is 32.6 Å². The SMILES string of the molecule is C=C/C=C(\C=C/C)NC(=O)C1CCCCN1C=O.CC. The largest absolute Gasteiger partial charge is 0.333 e. The minimum atomic E-state index is -0.352. The van der Waals surface area contributed by atoms with Gasteiger partial charge in [0.1, 0.15) is 6.04 Å². The molecule has 1 aliphatic heterocycles. The highest BCUT2D eigenvalue weighted by atomic mass is 16.2. The van der Waals surface area contributed by atoms with Crippen LogP contribution in [0, 0.1) is 0 Å². The van der Waals surface area contributed by atoms with Crippen molar-refractivity contribution in [2.75, 3.05) is 6.54 Å². The Morgan fingerprint density at radius 2 is 2.05 bits per heavy atom. The van der Waals surface area contributed by atoms with Gasteiger partial charge in [0.15, 0.2) is 0 Å². The Kier molecular flexibility index (Phi) is 10.0. The average molecular weight is 278 g/mol. The smallest absolute Gasteiger partial charge is 0.247 e. The van der Waals surface area contributed by atoms with Crippen molar-refractivity contribution in [2.24, 2.45) is 0 Å². The molecule has 1 saturated heterocycles. The molecule has 0 aliphatic carbocycles. The first kappa shape index (κ1) is 18.2. The molecule has 0 radical (unpaired) electrons. The summed E-state index contributed by atoms with van der Waals surface area (Å²) in [6, 6.07) is -0.352. The van der Waals surface area contributed by atoms with E-state index >= 15 is 0 Å². The molecule has 1 rings (SSSR count). The minimum Gasteiger partial charge on any atom is -0.333 e. The van der Waals surface area contributed by atoms with Crippen molar-refractivity contribution in [3.05, 3.63) is 36.6 Å². The molecular formula is C16H26N2O2. The van der Waals surface area contributed by atoms with Gasteiger partial charge in [-0.3, -0.25) is 9.59 Å². The van der Waals surface area contributed by atoms with E-state index < -0.39 is 0 Å². The lowest BCUT2D eigenvalue weighted by Gasteiger charge is -2.31. The van der Waals surface area contributed by atoms with Crippen LogP contribution in [0.5, 0.6) is 0 Å². The number of carbonyl (C=O) groups is 2. The van der Waals surface area contributed by atoms with E-state index in [0.717, 1.165) is 25.7 Å². The molecule has 1 aliphatic rings. The number of carbonyl (C=O) groups excluding carboxylic acids is 2. The highest BCUT2D eigenvalue weighted by Gasteiger charge is 2.27. The molecule has 1 N–H and O–H groups in total. The topological polar surface area (TPSA) is 49.4 Å². The van der Waals surface area contributed by atoms with Crippen molar-refractivity contribution in [3.63, 3.8) is 0 Å². The predicted molar refractivity (Wildman–Crippen MR) is 83.0 cm³/mol. The van der Waals surface area contributed by atoms with Gasteiger partial charge in [-0.15, -0.1) is 0 Å². The highest BCUT2D eigenvalue weighted by Crippen LogP contribution is 2.15. The van der Waals surface area contributed by atoms with Crippen molar-refractivity contribution in [1.82, 2.24) is 10.2 Å². The lowest BCUT2D eigenvalue weighted by molar-refractivity contribution is -0.134. The zero-order valence-electron chi connectivity index (χ0n) is 12.8. The first-order chi connectivity index (χ1) is 9.72. The molecule has 1 unspecified atom stereocenters. The van der Waals surface area contributed by atoms with Crippen LogP contribution in [0.3, 0.4) is 0 Å². The Morgan fingerprint density at radius 1 is 1.35 bits per heavy atom. The van der Waals surface area contributed by atoms with Gasteiger partial charge >= 0.3 is 0 Å². The highest BCUT2D eigenvalue weighted by molar-refractivity contribution is 5.85. The molecule has 0 bridgehead atoms. The number of hydrogen-bond donors (Lipinski definition) is 1. The van der Waals surface area contributed by atoms with Gasteiger partial charge in [0.25, 0.3) is 0 Å². The molecule has 1 atom stereocenters. The van der Waals surface area contributed by atoms with E-state index in [1.54, 1.807) is 23.1 Å². The third kappa shape index (κ3) is 5.87. The first-order valence-corrected chi connectivity index (χ1v) is 7.20. The van der Waals surface area contributed by atoms with Gasteiger partial charge in [-0.2, -0.15) is 0 Å². The molecule has 0 aromatic heterocycles. The number of piperidine rings is 1. The second-order valence-corrected chi connectivity index (χ2v) is 4.20. The molecule has 112 valence electrons. The molecule has 1 heterocycles. The summed E-state index contributed by atoms with van der Waals surface area (Å²) in [5.41, 5.74) is 0.689. The fourth-order valence-corrected chi connectivity index (χ4v) is 2.03. The molecule has 0 aromatic rings. The molecule has 4 heteroatoms. The molecule has 20 heavy (non-hydrogen) atoms. The van der Waals surface area contributed by atoms with Crippen molar-refractivity contribution in [2.45, 2.75) is 46.1 Å². The van der Waals surface area contributed by atoms with Gasteiger partial charge in [0, 0.05) is 12.2 Å². The molecule has 2 amide bonds. The van der Waals surface area contributed by atoms with Crippen LogP contribution in [0.2, 0.25) is 0 Å². The third-order valence-corrected chi connectivity index (χ3v) is 2.89. The van der Waals surface area contributed by atoms with E-state index in [1.807, 2.05) is 26.8 Å². The number of rotatable bonds is 5. The van der Waals surface area contributed by atoms with Crippen LogP contribution < -0.4 is 5.32 Å². The van der Waals surface area contributed by atoms with Gasteiger partial charge in [-0.05, 0) is 38.3 Å². The summed E-state index contributed by atoms with van der Waals surface area (Å²) in [4.78, 5) is 24.6. The van der Waals surface area contributed by atoms with Crippen LogP contribution in [0.25, 0.3) is 0 Å². The lowest BCUT2D eigenvalue weighted by Crippen LogP contribution is -2.48. The lowest BCUT2D eigenvalue weighted by atomic mass is 10.0. The van der Waals surface area contributed by atoms with E-state index in [1.165, 1.54) is 0 Å². The first-order valence-electron chi connectivity index (χ1n) is 7.20. The van der Waals surface area contributed by atoms with Crippen LogP contribution in [0.1, 0.15) is 40.0 Å². The van der Waals surface area contributed by atoms with Crippen molar-refractivity contribution in [1.29, 1.82) is 0 Å². The quantitative estimate of drug-likeness (QED) is 0.621. The fraction of sp³-hybridized carbons (Fsp3) is 0.500. The monoisotopic (exact) mass is 278 g/mol. The van der Waals surface area contributed by atoms with Crippen molar-refractivity contribution < 1.29 is 9.59 Å². The van der Waals surface area contributed by atoms with Crippen molar-refractivity contribution in [3.8, 4) is 0 Å². The Bertz CT molecular complexity index is 373.